The first-order valence-corrected chi connectivity index (χ1v) is 9.24. The zero-order chi connectivity index (χ0) is 17.9. The highest BCUT2D eigenvalue weighted by Gasteiger charge is 2.28. The summed E-state index contributed by atoms with van der Waals surface area (Å²) in [7, 11) is 0. The van der Waals surface area contributed by atoms with E-state index in [9.17, 15) is 9.59 Å². The molecule has 0 unspecified atom stereocenters. The standard InChI is InChI=1S/C17H24N6O3/c24-16(13-23-11-12-26-17(23)25)22-9-7-21(8-10-22)15-4-3-14(18-19-15)20-5-1-2-6-20/h3-4H,1-2,5-13H2. The molecule has 2 amide bonds. The van der Waals surface area contributed by atoms with Crippen LogP contribution < -0.4 is 9.80 Å². The average Bonchev–Trinajstić information content (AvgIpc) is 3.35. The third kappa shape index (κ3) is 3.51. The van der Waals surface area contributed by atoms with E-state index >= 15 is 0 Å². The van der Waals surface area contributed by atoms with Gasteiger partial charge in [0.2, 0.25) is 5.91 Å². The van der Waals surface area contributed by atoms with Crippen LogP contribution in [0.5, 0.6) is 0 Å². The van der Waals surface area contributed by atoms with Crippen molar-refractivity contribution < 1.29 is 14.3 Å². The number of amides is 2. The second-order valence-corrected chi connectivity index (χ2v) is 6.85. The van der Waals surface area contributed by atoms with Gasteiger partial charge in [-0.15, -0.1) is 10.2 Å². The van der Waals surface area contributed by atoms with Crippen molar-refractivity contribution in [2.24, 2.45) is 0 Å². The molecule has 0 aromatic carbocycles. The van der Waals surface area contributed by atoms with Crippen LogP contribution in [0.15, 0.2) is 12.1 Å². The molecule has 3 saturated heterocycles. The molecule has 26 heavy (non-hydrogen) atoms. The number of anilines is 2. The lowest BCUT2D eigenvalue weighted by atomic mass is 10.3. The van der Waals surface area contributed by atoms with Crippen molar-refractivity contribution in [1.82, 2.24) is 20.0 Å². The van der Waals surface area contributed by atoms with Crippen molar-refractivity contribution >= 4 is 23.6 Å². The van der Waals surface area contributed by atoms with Crippen molar-refractivity contribution in [3.8, 4) is 0 Å². The van der Waals surface area contributed by atoms with Gasteiger partial charge in [-0.05, 0) is 25.0 Å². The van der Waals surface area contributed by atoms with E-state index in [0.29, 0.717) is 39.3 Å². The third-order valence-electron chi connectivity index (χ3n) is 5.19. The predicted molar refractivity (Wildman–Crippen MR) is 95.2 cm³/mol. The average molecular weight is 360 g/mol. The number of cyclic esters (lactones) is 1. The normalized spacial score (nSPS) is 20.7. The molecule has 4 rings (SSSR count). The molecule has 3 fully saturated rings. The van der Waals surface area contributed by atoms with Crippen LogP contribution in [-0.2, 0) is 9.53 Å². The second-order valence-electron chi connectivity index (χ2n) is 6.85. The number of nitrogens with zero attached hydrogens (tertiary/aromatic N) is 6. The lowest BCUT2D eigenvalue weighted by molar-refractivity contribution is -0.132. The van der Waals surface area contributed by atoms with Gasteiger partial charge < -0.3 is 19.4 Å². The molecular weight excluding hydrogens is 336 g/mol. The number of carbonyl (C=O) groups is 2. The predicted octanol–water partition coefficient (Wildman–Crippen LogP) is 0.178. The van der Waals surface area contributed by atoms with Crippen LogP contribution in [0, 0.1) is 0 Å². The van der Waals surface area contributed by atoms with Crippen LogP contribution in [0.4, 0.5) is 16.4 Å². The maximum absolute atomic E-state index is 12.4. The molecule has 0 N–H and O–H groups in total. The van der Waals surface area contributed by atoms with Crippen LogP contribution >= 0.6 is 0 Å². The third-order valence-corrected chi connectivity index (χ3v) is 5.19. The minimum absolute atomic E-state index is 0.0287. The molecule has 0 atom stereocenters. The van der Waals surface area contributed by atoms with Crippen LogP contribution in [-0.4, -0.2) is 91.0 Å². The molecule has 3 aliphatic heterocycles. The van der Waals surface area contributed by atoms with Gasteiger partial charge in [0.05, 0.1) is 6.54 Å². The van der Waals surface area contributed by atoms with Gasteiger partial charge in [0, 0.05) is 39.3 Å². The Morgan fingerprint density at radius 3 is 2.08 bits per heavy atom. The van der Waals surface area contributed by atoms with Gasteiger partial charge in [-0.25, -0.2) is 4.79 Å². The fourth-order valence-electron chi connectivity index (χ4n) is 3.62. The summed E-state index contributed by atoms with van der Waals surface area (Å²) in [6.07, 6.45) is 2.04. The smallest absolute Gasteiger partial charge is 0.410 e. The van der Waals surface area contributed by atoms with Crippen molar-refractivity contribution in [2.45, 2.75) is 12.8 Å². The molecule has 3 aliphatic rings. The Morgan fingerprint density at radius 1 is 0.923 bits per heavy atom. The SMILES string of the molecule is O=C(CN1CCOC1=O)N1CCN(c2ccc(N3CCCC3)nn2)CC1. The molecule has 9 heteroatoms. The van der Waals surface area contributed by atoms with Crippen LogP contribution in [0.2, 0.25) is 0 Å². The molecule has 140 valence electrons. The quantitative estimate of drug-likeness (QED) is 0.757. The van der Waals surface area contributed by atoms with Crippen LogP contribution in [0.3, 0.4) is 0 Å². The minimum Gasteiger partial charge on any atom is -0.448 e. The van der Waals surface area contributed by atoms with Crippen molar-refractivity contribution in [3.05, 3.63) is 12.1 Å². The monoisotopic (exact) mass is 360 g/mol. The Hall–Kier alpha value is -2.58. The Bertz CT molecular complexity index is 653. The maximum Gasteiger partial charge on any atom is 0.410 e. The Balaban J connectivity index is 1.29. The number of aromatic nitrogens is 2. The highest BCUT2D eigenvalue weighted by atomic mass is 16.6. The number of hydrogen-bond acceptors (Lipinski definition) is 7. The van der Waals surface area contributed by atoms with E-state index in [2.05, 4.69) is 20.0 Å². The molecule has 4 heterocycles. The van der Waals surface area contributed by atoms with E-state index in [-0.39, 0.29) is 12.5 Å². The summed E-state index contributed by atoms with van der Waals surface area (Å²) in [4.78, 5) is 31.5. The summed E-state index contributed by atoms with van der Waals surface area (Å²) in [6.45, 7) is 5.74. The summed E-state index contributed by atoms with van der Waals surface area (Å²) in [5, 5.41) is 8.73. The Kier molecular flexibility index (Phi) is 4.77. The summed E-state index contributed by atoms with van der Waals surface area (Å²) in [5.74, 6) is 1.76. The van der Waals surface area contributed by atoms with E-state index in [4.69, 9.17) is 4.74 Å². The fourth-order valence-corrected chi connectivity index (χ4v) is 3.62. The molecule has 0 aliphatic carbocycles. The summed E-state index contributed by atoms with van der Waals surface area (Å²) < 4.78 is 4.86. The van der Waals surface area contributed by atoms with Gasteiger partial charge in [-0.2, -0.15) is 0 Å². The van der Waals surface area contributed by atoms with E-state index in [0.717, 1.165) is 24.7 Å². The molecule has 0 bridgehead atoms. The van der Waals surface area contributed by atoms with E-state index in [1.165, 1.54) is 17.7 Å². The van der Waals surface area contributed by atoms with E-state index in [1.807, 2.05) is 12.1 Å². The number of piperazine rings is 1. The summed E-state index contributed by atoms with van der Waals surface area (Å²) in [5.41, 5.74) is 0. The summed E-state index contributed by atoms with van der Waals surface area (Å²) in [6, 6.07) is 4.04. The molecule has 9 nitrogen and oxygen atoms in total. The van der Waals surface area contributed by atoms with Crippen molar-refractivity contribution in [2.75, 3.05) is 68.8 Å². The van der Waals surface area contributed by atoms with Gasteiger partial charge in [0.1, 0.15) is 13.2 Å². The number of carbonyl (C=O) groups excluding carboxylic acids is 2. The zero-order valence-corrected chi connectivity index (χ0v) is 14.8. The largest absolute Gasteiger partial charge is 0.448 e. The van der Waals surface area contributed by atoms with Crippen molar-refractivity contribution in [3.63, 3.8) is 0 Å². The molecule has 0 radical (unpaired) electrons. The lowest BCUT2D eigenvalue weighted by Crippen LogP contribution is -2.51. The van der Waals surface area contributed by atoms with Gasteiger partial charge in [0.15, 0.2) is 11.6 Å². The minimum atomic E-state index is -0.398. The first-order valence-electron chi connectivity index (χ1n) is 9.24. The maximum atomic E-state index is 12.4. The molecule has 0 saturated carbocycles. The first-order chi connectivity index (χ1) is 12.7. The van der Waals surface area contributed by atoms with Crippen molar-refractivity contribution in [1.29, 1.82) is 0 Å². The molecule has 1 aromatic rings. The van der Waals surface area contributed by atoms with E-state index in [1.54, 1.807) is 4.90 Å². The van der Waals surface area contributed by atoms with E-state index < -0.39 is 6.09 Å². The first kappa shape index (κ1) is 16.9. The van der Waals surface area contributed by atoms with Crippen LogP contribution in [0.25, 0.3) is 0 Å². The van der Waals surface area contributed by atoms with Gasteiger partial charge in [-0.1, -0.05) is 0 Å². The highest BCUT2D eigenvalue weighted by Crippen LogP contribution is 2.20. The lowest BCUT2D eigenvalue weighted by Gasteiger charge is -2.35. The second kappa shape index (κ2) is 7.35. The zero-order valence-electron chi connectivity index (χ0n) is 14.8. The molecule has 0 spiro atoms. The number of rotatable bonds is 4. The van der Waals surface area contributed by atoms with Gasteiger partial charge in [0.25, 0.3) is 0 Å². The highest BCUT2D eigenvalue weighted by molar-refractivity contribution is 5.83. The van der Waals surface area contributed by atoms with Gasteiger partial charge in [-0.3, -0.25) is 9.69 Å². The van der Waals surface area contributed by atoms with Gasteiger partial charge >= 0.3 is 6.09 Å². The fraction of sp³-hybridized carbons (Fsp3) is 0.647. The Morgan fingerprint density at radius 2 is 1.54 bits per heavy atom. The molecular formula is C17H24N6O3. The van der Waals surface area contributed by atoms with Crippen LogP contribution in [0.1, 0.15) is 12.8 Å². The summed E-state index contributed by atoms with van der Waals surface area (Å²) >= 11 is 0. The molecule has 1 aromatic heterocycles. The topological polar surface area (TPSA) is 82.1 Å². The number of ether oxygens (including phenoxy) is 1. The number of hydrogen-bond donors (Lipinski definition) is 0. The Labute approximate surface area is 152 Å².